The van der Waals surface area contributed by atoms with Gasteiger partial charge in [-0.05, 0) is 24.7 Å². The van der Waals surface area contributed by atoms with Crippen molar-refractivity contribution in [1.29, 1.82) is 0 Å². The second-order valence-corrected chi connectivity index (χ2v) is 4.28. The highest BCUT2D eigenvalue weighted by Gasteiger charge is 2.31. The van der Waals surface area contributed by atoms with Crippen molar-refractivity contribution < 1.29 is 9.90 Å². The average molecular weight is 184 g/mol. The molecule has 0 aliphatic heterocycles. The number of aliphatic hydroxyl groups is 1. The first-order valence-electron chi connectivity index (χ1n) is 5.32. The third-order valence-corrected chi connectivity index (χ3v) is 3.39. The zero-order valence-corrected chi connectivity index (χ0v) is 8.62. The van der Waals surface area contributed by atoms with Gasteiger partial charge in [-0.2, -0.15) is 0 Å². The minimum atomic E-state index is 0.218. The normalized spacial score (nSPS) is 31.8. The predicted octanol–water partition coefficient (Wildman–Crippen LogP) is 2.01. The minimum Gasteiger partial charge on any atom is -0.396 e. The number of Topliss-reactive ketones (excluding diaryl/α,β-unsaturated/α-hetero) is 1. The van der Waals surface area contributed by atoms with Crippen LogP contribution in [0, 0.1) is 17.8 Å². The molecule has 0 spiro atoms. The van der Waals surface area contributed by atoms with Gasteiger partial charge in [0, 0.05) is 18.9 Å². The lowest BCUT2D eigenvalue weighted by molar-refractivity contribution is -0.127. The van der Waals surface area contributed by atoms with Crippen LogP contribution in [0.1, 0.15) is 39.5 Å². The molecule has 76 valence electrons. The summed E-state index contributed by atoms with van der Waals surface area (Å²) in [5.74, 6) is 1.49. The van der Waals surface area contributed by atoms with Gasteiger partial charge >= 0.3 is 0 Å². The molecule has 0 aromatic rings. The number of carbonyl (C=O) groups is 1. The number of rotatable bonds is 3. The van der Waals surface area contributed by atoms with Gasteiger partial charge < -0.3 is 5.11 Å². The van der Waals surface area contributed by atoms with Crippen molar-refractivity contribution in [3.63, 3.8) is 0 Å². The van der Waals surface area contributed by atoms with E-state index in [0.29, 0.717) is 24.0 Å². The maximum Gasteiger partial charge on any atom is 0.136 e. The molecule has 0 radical (unpaired) electrons. The molecule has 1 aliphatic rings. The van der Waals surface area contributed by atoms with Crippen molar-refractivity contribution in [3.05, 3.63) is 0 Å². The van der Waals surface area contributed by atoms with E-state index >= 15 is 0 Å². The molecule has 1 saturated carbocycles. The minimum absolute atomic E-state index is 0.218. The Morgan fingerprint density at radius 2 is 2.31 bits per heavy atom. The molecule has 0 saturated heterocycles. The summed E-state index contributed by atoms with van der Waals surface area (Å²) in [5.41, 5.74) is 0. The summed E-state index contributed by atoms with van der Waals surface area (Å²) >= 11 is 0. The van der Waals surface area contributed by atoms with Crippen LogP contribution in [-0.4, -0.2) is 17.5 Å². The first-order chi connectivity index (χ1) is 6.19. The Balaban J connectivity index is 2.54. The van der Waals surface area contributed by atoms with Crippen molar-refractivity contribution in [2.75, 3.05) is 6.61 Å². The molecule has 1 fully saturated rings. The Bertz CT molecular complexity index is 177. The van der Waals surface area contributed by atoms with Crippen LogP contribution in [-0.2, 0) is 4.79 Å². The van der Waals surface area contributed by atoms with Gasteiger partial charge in [0.25, 0.3) is 0 Å². The van der Waals surface area contributed by atoms with E-state index in [0.717, 1.165) is 19.3 Å². The summed E-state index contributed by atoms with van der Waals surface area (Å²) < 4.78 is 0. The number of carbonyl (C=O) groups excluding carboxylic acids is 1. The fourth-order valence-electron chi connectivity index (χ4n) is 2.14. The maximum absolute atomic E-state index is 11.6. The van der Waals surface area contributed by atoms with Gasteiger partial charge in [-0.25, -0.2) is 0 Å². The summed E-state index contributed by atoms with van der Waals surface area (Å²) in [6, 6.07) is 0. The summed E-state index contributed by atoms with van der Waals surface area (Å²) in [5, 5.41) is 9.04. The third kappa shape index (κ3) is 2.53. The van der Waals surface area contributed by atoms with Gasteiger partial charge in [-0.3, -0.25) is 4.79 Å². The highest BCUT2D eigenvalue weighted by molar-refractivity contribution is 5.82. The summed E-state index contributed by atoms with van der Waals surface area (Å²) in [6.45, 7) is 4.52. The Kier molecular flexibility index (Phi) is 3.91. The van der Waals surface area contributed by atoms with Gasteiger partial charge in [-0.15, -0.1) is 0 Å². The lowest BCUT2D eigenvalue weighted by Crippen LogP contribution is -2.30. The molecule has 1 N–H and O–H groups in total. The van der Waals surface area contributed by atoms with E-state index in [2.05, 4.69) is 13.8 Å². The van der Waals surface area contributed by atoms with Gasteiger partial charge in [0.05, 0.1) is 0 Å². The van der Waals surface area contributed by atoms with Crippen molar-refractivity contribution in [2.45, 2.75) is 39.5 Å². The first-order valence-corrected chi connectivity index (χ1v) is 5.32. The number of hydrogen-bond donors (Lipinski definition) is 1. The fraction of sp³-hybridized carbons (Fsp3) is 0.909. The zero-order valence-electron chi connectivity index (χ0n) is 8.62. The Morgan fingerprint density at radius 1 is 1.62 bits per heavy atom. The first kappa shape index (κ1) is 10.7. The molecule has 0 amide bonds. The van der Waals surface area contributed by atoms with Crippen LogP contribution < -0.4 is 0 Å². The van der Waals surface area contributed by atoms with Crippen molar-refractivity contribution >= 4 is 5.78 Å². The van der Waals surface area contributed by atoms with Crippen LogP contribution in [0.25, 0.3) is 0 Å². The lowest BCUT2D eigenvalue weighted by atomic mass is 9.74. The van der Waals surface area contributed by atoms with Crippen LogP contribution in [0.2, 0.25) is 0 Å². The van der Waals surface area contributed by atoms with E-state index < -0.39 is 0 Å². The van der Waals surface area contributed by atoms with Crippen molar-refractivity contribution in [3.8, 4) is 0 Å². The van der Waals surface area contributed by atoms with E-state index in [-0.39, 0.29) is 12.5 Å². The molecule has 1 rings (SSSR count). The van der Waals surface area contributed by atoms with Gasteiger partial charge in [0.15, 0.2) is 0 Å². The molecule has 2 heteroatoms. The number of aliphatic hydroxyl groups excluding tert-OH is 1. The fourth-order valence-corrected chi connectivity index (χ4v) is 2.14. The van der Waals surface area contributed by atoms with Gasteiger partial charge in [0.1, 0.15) is 5.78 Å². The second kappa shape index (κ2) is 4.75. The van der Waals surface area contributed by atoms with Crippen LogP contribution in [0.4, 0.5) is 0 Å². The van der Waals surface area contributed by atoms with Crippen LogP contribution in [0.15, 0.2) is 0 Å². The third-order valence-electron chi connectivity index (χ3n) is 3.39. The Hall–Kier alpha value is -0.370. The van der Waals surface area contributed by atoms with Crippen molar-refractivity contribution in [1.82, 2.24) is 0 Å². The molecule has 0 aromatic carbocycles. The van der Waals surface area contributed by atoms with Crippen LogP contribution in [0.5, 0.6) is 0 Å². The van der Waals surface area contributed by atoms with E-state index in [4.69, 9.17) is 5.11 Å². The Labute approximate surface area is 80.3 Å². The molecule has 0 heterocycles. The smallest absolute Gasteiger partial charge is 0.136 e. The molecule has 13 heavy (non-hydrogen) atoms. The topological polar surface area (TPSA) is 37.3 Å². The molecule has 0 bridgehead atoms. The summed E-state index contributed by atoms with van der Waals surface area (Å²) in [4.78, 5) is 11.6. The molecule has 3 atom stereocenters. The van der Waals surface area contributed by atoms with Gasteiger partial charge in [0.2, 0.25) is 0 Å². The summed E-state index contributed by atoms with van der Waals surface area (Å²) in [7, 11) is 0. The molecular weight excluding hydrogens is 164 g/mol. The average Bonchev–Trinajstić information content (AvgIpc) is 2.17. The van der Waals surface area contributed by atoms with Crippen LogP contribution >= 0.6 is 0 Å². The monoisotopic (exact) mass is 184 g/mol. The zero-order chi connectivity index (χ0) is 9.84. The van der Waals surface area contributed by atoms with E-state index in [1.165, 1.54) is 0 Å². The van der Waals surface area contributed by atoms with Crippen LogP contribution in [0.3, 0.4) is 0 Å². The highest BCUT2D eigenvalue weighted by Crippen LogP contribution is 2.32. The predicted molar refractivity (Wildman–Crippen MR) is 52.4 cm³/mol. The molecular formula is C11H20O2. The molecule has 3 unspecified atom stereocenters. The number of hydrogen-bond acceptors (Lipinski definition) is 2. The largest absolute Gasteiger partial charge is 0.396 e. The summed E-state index contributed by atoms with van der Waals surface area (Å²) in [6.07, 6.45) is 3.54. The Morgan fingerprint density at radius 3 is 2.85 bits per heavy atom. The van der Waals surface area contributed by atoms with E-state index in [1.54, 1.807) is 0 Å². The molecule has 0 aromatic heterocycles. The quantitative estimate of drug-likeness (QED) is 0.728. The van der Waals surface area contributed by atoms with Crippen molar-refractivity contribution in [2.24, 2.45) is 17.8 Å². The molecule has 2 nitrogen and oxygen atoms in total. The van der Waals surface area contributed by atoms with E-state index in [1.807, 2.05) is 0 Å². The highest BCUT2D eigenvalue weighted by atomic mass is 16.3. The van der Waals surface area contributed by atoms with Gasteiger partial charge in [-0.1, -0.05) is 20.3 Å². The number of ketones is 1. The lowest BCUT2D eigenvalue weighted by Gasteiger charge is -2.30. The molecule has 1 aliphatic carbocycles. The standard InChI is InChI=1S/C11H20O2/c1-3-8(2)10-6-9(7-12)4-5-11(10)13/h8-10,12H,3-7H2,1-2H3. The van der Waals surface area contributed by atoms with E-state index in [9.17, 15) is 4.79 Å². The SMILES string of the molecule is CCC(C)C1CC(CO)CCC1=O. The second-order valence-electron chi connectivity index (χ2n) is 4.28. The maximum atomic E-state index is 11.6.